The molecule has 3 heteroatoms. The summed E-state index contributed by atoms with van der Waals surface area (Å²) in [4.78, 5) is 4.52. The summed E-state index contributed by atoms with van der Waals surface area (Å²) in [6, 6.07) is 19.1. The number of fused-ring (bicyclic) bond motifs is 1. The summed E-state index contributed by atoms with van der Waals surface area (Å²) >= 11 is 3.59. The third-order valence-electron chi connectivity index (χ3n) is 3.70. The first-order chi connectivity index (χ1) is 10.3. The number of nitrogens with one attached hydrogen (secondary N) is 1. The van der Waals surface area contributed by atoms with Crippen LogP contribution in [0.5, 0.6) is 0 Å². The second-order valence-electron chi connectivity index (χ2n) is 5.12. The summed E-state index contributed by atoms with van der Waals surface area (Å²) in [5.74, 6) is 0. The lowest BCUT2D eigenvalue weighted by Crippen LogP contribution is -2.18. The molecule has 3 aromatic rings. The lowest BCUT2D eigenvalue weighted by atomic mass is 10.1. The monoisotopic (exact) mass is 340 g/mol. The van der Waals surface area contributed by atoms with E-state index in [2.05, 4.69) is 75.6 Å². The molecule has 1 N–H and O–H groups in total. The average molecular weight is 341 g/mol. The van der Waals surface area contributed by atoms with Gasteiger partial charge in [-0.2, -0.15) is 0 Å². The molecule has 21 heavy (non-hydrogen) atoms. The van der Waals surface area contributed by atoms with E-state index in [-0.39, 0.29) is 0 Å². The Labute approximate surface area is 133 Å². The fourth-order valence-corrected chi connectivity index (χ4v) is 2.91. The van der Waals surface area contributed by atoms with Gasteiger partial charge in [0.15, 0.2) is 0 Å². The van der Waals surface area contributed by atoms with Gasteiger partial charge in [-0.05, 0) is 30.2 Å². The second kappa shape index (κ2) is 6.37. The SMILES string of the molecule is CC(NCc1ccc(Br)c2cccnc12)c1ccccc1. The maximum Gasteiger partial charge on any atom is 0.0758 e. The Bertz CT molecular complexity index is 741. The summed E-state index contributed by atoms with van der Waals surface area (Å²) in [6.07, 6.45) is 1.85. The van der Waals surface area contributed by atoms with Gasteiger partial charge in [0.25, 0.3) is 0 Å². The Morgan fingerprint density at radius 1 is 1.05 bits per heavy atom. The number of pyridine rings is 1. The molecule has 0 saturated heterocycles. The minimum absolute atomic E-state index is 0.314. The molecule has 1 atom stereocenters. The Morgan fingerprint density at radius 3 is 2.67 bits per heavy atom. The molecule has 0 radical (unpaired) electrons. The molecule has 1 aromatic heterocycles. The van der Waals surface area contributed by atoms with Crippen molar-refractivity contribution < 1.29 is 0 Å². The van der Waals surface area contributed by atoms with Crippen LogP contribution >= 0.6 is 15.9 Å². The van der Waals surface area contributed by atoms with Gasteiger partial charge in [-0.3, -0.25) is 4.98 Å². The topological polar surface area (TPSA) is 24.9 Å². The van der Waals surface area contributed by atoms with Gasteiger partial charge in [-0.15, -0.1) is 0 Å². The first-order valence-corrected chi connectivity index (χ1v) is 7.85. The third-order valence-corrected chi connectivity index (χ3v) is 4.39. The molecule has 0 saturated carbocycles. The van der Waals surface area contributed by atoms with Crippen molar-refractivity contribution in [2.45, 2.75) is 19.5 Å². The number of halogens is 1. The Balaban J connectivity index is 1.81. The van der Waals surface area contributed by atoms with Crippen molar-refractivity contribution in [1.82, 2.24) is 10.3 Å². The Hall–Kier alpha value is -1.71. The smallest absolute Gasteiger partial charge is 0.0758 e. The predicted molar refractivity (Wildman–Crippen MR) is 91.1 cm³/mol. The molecular formula is C18H17BrN2. The molecule has 1 heterocycles. The van der Waals surface area contributed by atoms with E-state index in [0.717, 1.165) is 21.9 Å². The highest BCUT2D eigenvalue weighted by Crippen LogP contribution is 2.25. The molecule has 1 unspecified atom stereocenters. The lowest BCUT2D eigenvalue weighted by Gasteiger charge is -2.15. The normalized spacial score (nSPS) is 12.5. The first-order valence-electron chi connectivity index (χ1n) is 7.06. The minimum atomic E-state index is 0.314. The van der Waals surface area contributed by atoms with Crippen molar-refractivity contribution in [3.63, 3.8) is 0 Å². The first kappa shape index (κ1) is 14.2. The summed E-state index contributed by atoms with van der Waals surface area (Å²) in [6.45, 7) is 2.99. The zero-order valence-electron chi connectivity index (χ0n) is 11.9. The van der Waals surface area contributed by atoms with E-state index in [1.807, 2.05) is 18.3 Å². The standard InChI is InChI=1S/C18H17BrN2/c1-13(14-6-3-2-4-7-14)21-12-15-9-10-17(19)16-8-5-11-20-18(15)16/h2-11,13,21H,12H2,1H3. The van der Waals surface area contributed by atoms with Crippen molar-refractivity contribution >= 4 is 26.8 Å². The van der Waals surface area contributed by atoms with E-state index in [9.17, 15) is 0 Å². The number of nitrogens with zero attached hydrogens (tertiary/aromatic N) is 1. The van der Waals surface area contributed by atoms with Crippen LogP contribution in [0, 0.1) is 0 Å². The van der Waals surface area contributed by atoms with E-state index in [4.69, 9.17) is 0 Å². The number of hydrogen-bond acceptors (Lipinski definition) is 2. The fraction of sp³-hybridized carbons (Fsp3) is 0.167. The molecule has 0 aliphatic rings. The summed E-state index contributed by atoms with van der Waals surface area (Å²) in [7, 11) is 0. The van der Waals surface area contributed by atoms with Gasteiger partial charge < -0.3 is 5.32 Å². The van der Waals surface area contributed by atoms with Gasteiger partial charge in [0.05, 0.1) is 5.52 Å². The number of benzene rings is 2. The Morgan fingerprint density at radius 2 is 1.86 bits per heavy atom. The van der Waals surface area contributed by atoms with Crippen LogP contribution in [0.25, 0.3) is 10.9 Å². The maximum atomic E-state index is 4.52. The van der Waals surface area contributed by atoms with Crippen LogP contribution < -0.4 is 5.32 Å². The molecular weight excluding hydrogens is 324 g/mol. The van der Waals surface area contributed by atoms with Crippen LogP contribution in [-0.4, -0.2) is 4.98 Å². The van der Waals surface area contributed by atoms with Crippen LogP contribution in [-0.2, 0) is 6.54 Å². The largest absolute Gasteiger partial charge is 0.306 e. The second-order valence-corrected chi connectivity index (χ2v) is 5.97. The van der Waals surface area contributed by atoms with Gasteiger partial charge in [0, 0.05) is 28.6 Å². The number of rotatable bonds is 4. The van der Waals surface area contributed by atoms with Crippen molar-refractivity contribution in [2.75, 3.05) is 0 Å². The van der Waals surface area contributed by atoms with Crippen LogP contribution in [0.15, 0.2) is 65.3 Å². The molecule has 106 valence electrons. The lowest BCUT2D eigenvalue weighted by molar-refractivity contribution is 0.576. The van der Waals surface area contributed by atoms with Crippen molar-refractivity contribution in [1.29, 1.82) is 0 Å². The molecule has 3 rings (SSSR count). The van der Waals surface area contributed by atoms with Crippen molar-refractivity contribution in [2.24, 2.45) is 0 Å². The summed E-state index contributed by atoms with van der Waals surface area (Å²) in [5.41, 5.74) is 3.57. The van der Waals surface area contributed by atoms with E-state index < -0.39 is 0 Å². The van der Waals surface area contributed by atoms with Gasteiger partial charge in [0.2, 0.25) is 0 Å². The van der Waals surface area contributed by atoms with E-state index in [0.29, 0.717) is 6.04 Å². The van der Waals surface area contributed by atoms with Gasteiger partial charge in [0.1, 0.15) is 0 Å². The highest BCUT2D eigenvalue weighted by atomic mass is 79.9. The molecule has 0 aliphatic heterocycles. The van der Waals surface area contributed by atoms with Crippen molar-refractivity contribution in [3.8, 4) is 0 Å². The quantitative estimate of drug-likeness (QED) is 0.734. The average Bonchev–Trinajstić information content (AvgIpc) is 2.55. The molecule has 2 nitrogen and oxygen atoms in total. The van der Waals surface area contributed by atoms with E-state index in [1.165, 1.54) is 11.1 Å². The molecule has 0 aliphatic carbocycles. The highest BCUT2D eigenvalue weighted by Gasteiger charge is 2.08. The summed E-state index contributed by atoms with van der Waals surface area (Å²) < 4.78 is 1.09. The third kappa shape index (κ3) is 3.14. The maximum absolute atomic E-state index is 4.52. The van der Waals surface area contributed by atoms with Crippen LogP contribution in [0.2, 0.25) is 0 Å². The molecule has 0 bridgehead atoms. The Kier molecular flexibility index (Phi) is 4.32. The molecule has 0 amide bonds. The zero-order valence-corrected chi connectivity index (χ0v) is 13.5. The van der Waals surface area contributed by atoms with Crippen LogP contribution in [0.4, 0.5) is 0 Å². The summed E-state index contributed by atoms with van der Waals surface area (Å²) in [5, 5.41) is 4.73. The zero-order chi connectivity index (χ0) is 14.7. The number of aromatic nitrogens is 1. The minimum Gasteiger partial charge on any atom is -0.306 e. The molecule has 2 aromatic carbocycles. The van der Waals surface area contributed by atoms with Crippen LogP contribution in [0.3, 0.4) is 0 Å². The van der Waals surface area contributed by atoms with E-state index in [1.54, 1.807) is 0 Å². The molecule has 0 spiro atoms. The van der Waals surface area contributed by atoms with Gasteiger partial charge in [-0.25, -0.2) is 0 Å². The molecule has 0 fully saturated rings. The van der Waals surface area contributed by atoms with Crippen molar-refractivity contribution in [3.05, 3.63) is 76.4 Å². The van der Waals surface area contributed by atoms with E-state index >= 15 is 0 Å². The fourth-order valence-electron chi connectivity index (χ4n) is 2.46. The highest BCUT2D eigenvalue weighted by molar-refractivity contribution is 9.10. The van der Waals surface area contributed by atoms with Gasteiger partial charge in [-0.1, -0.05) is 58.4 Å². The van der Waals surface area contributed by atoms with Gasteiger partial charge >= 0.3 is 0 Å². The van der Waals surface area contributed by atoms with Crippen LogP contribution in [0.1, 0.15) is 24.1 Å². The predicted octanol–water partition coefficient (Wildman–Crippen LogP) is 4.85. The number of hydrogen-bond donors (Lipinski definition) is 1.